The first-order valence-corrected chi connectivity index (χ1v) is 7.13. The van der Waals surface area contributed by atoms with Gasteiger partial charge in [-0.1, -0.05) is 13.8 Å². The minimum atomic E-state index is -1.04. The lowest BCUT2D eigenvalue weighted by Crippen LogP contribution is -2.44. The summed E-state index contributed by atoms with van der Waals surface area (Å²) in [5.74, 6) is -1.27. The van der Waals surface area contributed by atoms with Crippen LogP contribution in [0.25, 0.3) is 0 Å². The molecule has 0 spiro atoms. The monoisotopic (exact) mass is 292 g/mol. The molecular formula is C15H20N2O4. The highest BCUT2D eigenvalue weighted by molar-refractivity contribution is 5.96. The first kappa shape index (κ1) is 15.3. The van der Waals surface area contributed by atoms with Crippen LogP contribution in [-0.2, 0) is 4.79 Å². The molecule has 0 saturated heterocycles. The van der Waals surface area contributed by atoms with Gasteiger partial charge in [-0.05, 0) is 31.2 Å². The molecule has 2 rings (SSSR count). The highest BCUT2D eigenvalue weighted by Crippen LogP contribution is 2.24. The average molecular weight is 292 g/mol. The molecule has 114 valence electrons. The molecule has 1 amide bonds. The SMILES string of the molecule is CC(C)C(NC(=O)c1ccnc(OC2CCC2)c1)C(=O)O. The molecular weight excluding hydrogens is 272 g/mol. The number of aromatic nitrogens is 1. The van der Waals surface area contributed by atoms with Gasteiger partial charge in [0.25, 0.3) is 5.91 Å². The predicted octanol–water partition coefficient (Wildman–Crippen LogP) is 1.85. The zero-order chi connectivity index (χ0) is 15.4. The third kappa shape index (κ3) is 3.93. The summed E-state index contributed by atoms with van der Waals surface area (Å²) in [7, 11) is 0. The number of nitrogens with one attached hydrogen (secondary N) is 1. The maximum atomic E-state index is 12.1. The second-order valence-electron chi connectivity index (χ2n) is 5.59. The van der Waals surface area contributed by atoms with Gasteiger partial charge in [0.1, 0.15) is 12.1 Å². The Morgan fingerprint density at radius 2 is 2.14 bits per heavy atom. The number of ether oxygens (including phenoxy) is 1. The third-order valence-corrected chi connectivity index (χ3v) is 3.56. The van der Waals surface area contributed by atoms with Crippen molar-refractivity contribution in [2.24, 2.45) is 5.92 Å². The summed E-state index contributed by atoms with van der Waals surface area (Å²) in [5, 5.41) is 11.6. The van der Waals surface area contributed by atoms with Crippen LogP contribution in [0.4, 0.5) is 0 Å². The summed E-state index contributed by atoms with van der Waals surface area (Å²) in [6, 6.07) is 2.18. The Bertz CT molecular complexity index is 526. The fraction of sp³-hybridized carbons (Fsp3) is 0.533. The maximum Gasteiger partial charge on any atom is 0.326 e. The molecule has 0 bridgehead atoms. The number of hydrogen-bond donors (Lipinski definition) is 2. The first-order valence-electron chi connectivity index (χ1n) is 7.13. The van der Waals surface area contributed by atoms with E-state index in [9.17, 15) is 9.59 Å². The minimum absolute atomic E-state index is 0.179. The topological polar surface area (TPSA) is 88.5 Å². The van der Waals surface area contributed by atoms with Gasteiger partial charge in [0.2, 0.25) is 5.88 Å². The van der Waals surface area contributed by atoms with E-state index in [1.807, 2.05) is 0 Å². The second kappa shape index (κ2) is 6.56. The highest BCUT2D eigenvalue weighted by Gasteiger charge is 2.24. The molecule has 1 unspecified atom stereocenters. The summed E-state index contributed by atoms with van der Waals surface area (Å²) in [4.78, 5) is 27.3. The molecule has 1 aliphatic carbocycles. The van der Waals surface area contributed by atoms with Gasteiger partial charge in [0.05, 0.1) is 0 Å². The summed E-state index contributed by atoms with van der Waals surface area (Å²) in [6.07, 6.45) is 4.84. The summed E-state index contributed by atoms with van der Waals surface area (Å²) < 4.78 is 5.63. The molecule has 1 aromatic heterocycles. The maximum absolute atomic E-state index is 12.1. The number of carboxylic acid groups (broad SMARTS) is 1. The number of pyridine rings is 1. The Balaban J connectivity index is 2.04. The number of hydrogen-bond acceptors (Lipinski definition) is 4. The van der Waals surface area contributed by atoms with Crippen LogP contribution in [0.3, 0.4) is 0 Å². The van der Waals surface area contributed by atoms with Crippen molar-refractivity contribution in [1.29, 1.82) is 0 Å². The van der Waals surface area contributed by atoms with Crippen molar-refractivity contribution in [1.82, 2.24) is 10.3 Å². The van der Waals surface area contributed by atoms with Gasteiger partial charge in [-0.25, -0.2) is 9.78 Å². The molecule has 21 heavy (non-hydrogen) atoms. The van der Waals surface area contributed by atoms with E-state index in [1.54, 1.807) is 26.0 Å². The largest absolute Gasteiger partial charge is 0.480 e. The van der Waals surface area contributed by atoms with Crippen LogP contribution in [0.2, 0.25) is 0 Å². The number of nitrogens with zero attached hydrogens (tertiary/aromatic N) is 1. The van der Waals surface area contributed by atoms with E-state index in [4.69, 9.17) is 9.84 Å². The van der Waals surface area contributed by atoms with Crippen LogP contribution < -0.4 is 10.1 Å². The number of carbonyl (C=O) groups excluding carboxylic acids is 1. The molecule has 0 aliphatic heterocycles. The van der Waals surface area contributed by atoms with Crippen molar-refractivity contribution < 1.29 is 19.4 Å². The van der Waals surface area contributed by atoms with E-state index in [-0.39, 0.29) is 12.0 Å². The van der Waals surface area contributed by atoms with Crippen molar-refractivity contribution in [3.8, 4) is 5.88 Å². The smallest absolute Gasteiger partial charge is 0.326 e. The lowest BCUT2D eigenvalue weighted by atomic mass is 9.96. The predicted molar refractivity (Wildman–Crippen MR) is 76.2 cm³/mol. The second-order valence-corrected chi connectivity index (χ2v) is 5.59. The molecule has 0 radical (unpaired) electrons. The first-order chi connectivity index (χ1) is 9.97. The van der Waals surface area contributed by atoms with Gasteiger partial charge >= 0.3 is 5.97 Å². The molecule has 0 aromatic carbocycles. The summed E-state index contributed by atoms with van der Waals surface area (Å²) in [5.41, 5.74) is 0.353. The van der Waals surface area contributed by atoms with E-state index in [0.717, 1.165) is 19.3 Å². The summed E-state index contributed by atoms with van der Waals surface area (Å²) >= 11 is 0. The quantitative estimate of drug-likeness (QED) is 0.835. The van der Waals surface area contributed by atoms with E-state index in [0.29, 0.717) is 11.4 Å². The molecule has 1 aromatic rings. The number of carbonyl (C=O) groups is 2. The number of carboxylic acids is 1. The van der Waals surface area contributed by atoms with E-state index >= 15 is 0 Å². The Hall–Kier alpha value is -2.11. The van der Waals surface area contributed by atoms with Crippen molar-refractivity contribution in [3.05, 3.63) is 23.9 Å². The van der Waals surface area contributed by atoms with Gasteiger partial charge in [-0.15, -0.1) is 0 Å². The van der Waals surface area contributed by atoms with E-state index < -0.39 is 17.9 Å². The van der Waals surface area contributed by atoms with Gasteiger partial charge in [-0.3, -0.25) is 4.79 Å². The van der Waals surface area contributed by atoms with Gasteiger partial charge in [0, 0.05) is 17.8 Å². The number of rotatable bonds is 6. The zero-order valence-corrected chi connectivity index (χ0v) is 12.2. The molecule has 1 saturated carbocycles. The number of amides is 1. The molecule has 1 aliphatic rings. The van der Waals surface area contributed by atoms with Crippen LogP contribution in [0.1, 0.15) is 43.5 Å². The third-order valence-electron chi connectivity index (χ3n) is 3.56. The van der Waals surface area contributed by atoms with Gasteiger partial charge in [0.15, 0.2) is 0 Å². The molecule has 2 N–H and O–H groups in total. The highest BCUT2D eigenvalue weighted by atomic mass is 16.5. The molecule has 6 heteroatoms. The van der Waals surface area contributed by atoms with E-state index in [2.05, 4.69) is 10.3 Å². The lowest BCUT2D eigenvalue weighted by molar-refractivity contribution is -0.140. The van der Waals surface area contributed by atoms with Gasteiger partial charge < -0.3 is 15.2 Å². The number of aliphatic carboxylic acids is 1. The zero-order valence-electron chi connectivity index (χ0n) is 12.2. The van der Waals surface area contributed by atoms with Crippen LogP contribution in [0.5, 0.6) is 5.88 Å². The van der Waals surface area contributed by atoms with E-state index in [1.165, 1.54) is 6.20 Å². The molecule has 1 atom stereocenters. The molecule has 1 fully saturated rings. The minimum Gasteiger partial charge on any atom is -0.480 e. The van der Waals surface area contributed by atoms with Crippen LogP contribution in [0, 0.1) is 5.92 Å². The molecule has 1 heterocycles. The molecule has 6 nitrogen and oxygen atoms in total. The van der Waals surface area contributed by atoms with Crippen molar-refractivity contribution in [2.45, 2.75) is 45.3 Å². The van der Waals surface area contributed by atoms with Crippen LogP contribution >= 0.6 is 0 Å². The van der Waals surface area contributed by atoms with Crippen molar-refractivity contribution in [2.75, 3.05) is 0 Å². The van der Waals surface area contributed by atoms with Crippen molar-refractivity contribution >= 4 is 11.9 Å². The Morgan fingerprint density at radius 1 is 1.43 bits per heavy atom. The van der Waals surface area contributed by atoms with Crippen molar-refractivity contribution in [3.63, 3.8) is 0 Å². The Kier molecular flexibility index (Phi) is 4.77. The lowest BCUT2D eigenvalue weighted by Gasteiger charge is -2.25. The average Bonchev–Trinajstić information content (AvgIpc) is 2.39. The fourth-order valence-corrected chi connectivity index (χ4v) is 2.01. The van der Waals surface area contributed by atoms with Gasteiger partial charge in [-0.2, -0.15) is 0 Å². The summed E-state index contributed by atoms with van der Waals surface area (Å²) in [6.45, 7) is 3.49. The normalized spacial score (nSPS) is 16.1. The Morgan fingerprint density at radius 3 is 2.67 bits per heavy atom. The fourth-order valence-electron chi connectivity index (χ4n) is 2.01. The van der Waals surface area contributed by atoms with Crippen LogP contribution in [-0.4, -0.2) is 34.1 Å². The Labute approximate surface area is 123 Å². The van der Waals surface area contributed by atoms with Crippen LogP contribution in [0.15, 0.2) is 18.3 Å². The standard InChI is InChI=1S/C15H20N2O4/c1-9(2)13(15(19)20)17-14(18)10-6-7-16-12(8-10)21-11-4-3-5-11/h6-9,11,13H,3-5H2,1-2H3,(H,17,18)(H,19,20).